The maximum Gasteiger partial charge on any atom is 0.241 e. The number of aryl methyl sites for hydroxylation is 1. The summed E-state index contributed by atoms with van der Waals surface area (Å²) >= 11 is 0. The number of aliphatic hydroxyl groups is 1. The molecule has 0 saturated heterocycles. The van der Waals surface area contributed by atoms with E-state index in [9.17, 15) is 18.3 Å². The first-order valence-electron chi connectivity index (χ1n) is 12.0. The van der Waals surface area contributed by atoms with Crippen molar-refractivity contribution in [2.75, 3.05) is 0 Å². The third-order valence-electron chi connectivity index (χ3n) is 6.14. The van der Waals surface area contributed by atoms with E-state index in [0.29, 0.717) is 11.1 Å². The highest BCUT2D eigenvalue weighted by Gasteiger charge is 2.31. The number of carbonyl (C=O) groups excluding carboxylic acids is 1. The Morgan fingerprint density at radius 2 is 1.27 bits per heavy atom. The second kappa shape index (κ2) is 12.0. The summed E-state index contributed by atoms with van der Waals surface area (Å²) in [6.45, 7) is 1.87. The Kier molecular flexibility index (Phi) is 8.50. The van der Waals surface area contributed by atoms with Crippen LogP contribution in [0.1, 0.15) is 34.4 Å². The summed E-state index contributed by atoms with van der Waals surface area (Å²) in [6.07, 6.45) is -0.903. The molecule has 37 heavy (non-hydrogen) atoms. The van der Waals surface area contributed by atoms with Gasteiger partial charge in [-0.1, -0.05) is 109 Å². The van der Waals surface area contributed by atoms with Crippen LogP contribution >= 0.6 is 0 Å². The van der Waals surface area contributed by atoms with Gasteiger partial charge in [-0.25, -0.2) is 8.42 Å². The van der Waals surface area contributed by atoms with E-state index in [2.05, 4.69) is 10.0 Å². The van der Waals surface area contributed by atoms with Crippen molar-refractivity contribution in [2.45, 2.75) is 36.4 Å². The van der Waals surface area contributed by atoms with Crippen molar-refractivity contribution in [3.8, 4) is 0 Å². The number of sulfonamides is 1. The Morgan fingerprint density at radius 3 is 1.84 bits per heavy atom. The van der Waals surface area contributed by atoms with Gasteiger partial charge in [-0.05, 0) is 42.2 Å². The minimum atomic E-state index is -3.99. The molecule has 4 aromatic rings. The monoisotopic (exact) mass is 514 g/mol. The first-order chi connectivity index (χ1) is 17.8. The number of benzene rings is 4. The third kappa shape index (κ3) is 6.92. The Bertz CT molecular complexity index is 1390. The van der Waals surface area contributed by atoms with Crippen LogP contribution < -0.4 is 10.0 Å². The van der Waals surface area contributed by atoms with Crippen LogP contribution in [0.3, 0.4) is 0 Å². The van der Waals surface area contributed by atoms with Crippen molar-refractivity contribution >= 4 is 15.9 Å². The molecule has 6 nitrogen and oxygen atoms in total. The number of nitrogens with one attached hydrogen (secondary N) is 2. The number of amides is 1. The van der Waals surface area contributed by atoms with Gasteiger partial charge in [0, 0.05) is 0 Å². The van der Waals surface area contributed by atoms with E-state index in [0.717, 1.165) is 11.1 Å². The summed E-state index contributed by atoms with van der Waals surface area (Å²) < 4.78 is 29.0. The van der Waals surface area contributed by atoms with Crippen LogP contribution in [-0.2, 0) is 21.2 Å². The first-order valence-corrected chi connectivity index (χ1v) is 13.5. The summed E-state index contributed by atoms with van der Waals surface area (Å²) in [5.74, 6) is -0.539. The molecule has 0 spiro atoms. The molecule has 0 bridgehead atoms. The Morgan fingerprint density at radius 1 is 0.757 bits per heavy atom. The molecule has 4 aromatic carbocycles. The van der Waals surface area contributed by atoms with E-state index < -0.39 is 34.1 Å². The second-order valence-corrected chi connectivity index (χ2v) is 10.6. The molecule has 0 aromatic heterocycles. The minimum absolute atomic E-state index is 0.0768. The zero-order valence-corrected chi connectivity index (χ0v) is 21.3. The van der Waals surface area contributed by atoms with Crippen LogP contribution in [0.2, 0.25) is 0 Å². The SMILES string of the molecule is Cc1ccc(S(=O)(=O)N[C@@H](Cc2ccccc2)C(=O)N[C@H](c2ccccc2)[C@H](O)c2ccccc2)cc1. The molecule has 3 atom stereocenters. The van der Waals surface area contributed by atoms with E-state index in [1.54, 1.807) is 24.3 Å². The summed E-state index contributed by atoms with van der Waals surface area (Å²) in [4.78, 5) is 13.8. The van der Waals surface area contributed by atoms with Crippen LogP contribution in [0.4, 0.5) is 0 Å². The van der Waals surface area contributed by atoms with Gasteiger partial charge in [-0.2, -0.15) is 4.72 Å². The molecule has 4 rings (SSSR count). The quantitative estimate of drug-likeness (QED) is 0.291. The van der Waals surface area contributed by atoms with E-state index in [4.69, 9.17) is 0 Å². The predicted octanol–water partition coefficient (Wildman–Crippen LogP) is 4.48. The van der Waals surface area contributed by atoms with Gasteiger partial charge in [-0.15, -0.1) is 0 Å². The average Bonchev–Trinajstić information content (AvgIpc) is 2.92. The lowest BCUT2D eigenvalue weighted by Crippen LogP contribution is -2.49. The lowest BCUT2D eigenvalue weighted by atomic mass is 9.95. The van der Waals surface area contributed by atoms with Gasteiger partial charge in [0.25, 0.3) is 0 Å². The topological polar surface area (TPSA) is 95.5 Å². The predicted molar refractivity (Wildman–Crippen MR) is 144 cm³/mol. The van der Waals surface area contributed by atoms with E-state index in [-0.39, 0.29) is 11.3 Å². The summed E-state index contributed by atoms with van der Waals surface area (Å²) in [5, 5.41) is 14.2. The van der Waals surface area contributed by atoms with E-state index in [1.807, 2.05) is 85.8 Å². The number of aliphatic hydroxyl groups excluding tert-OH is 1. The van der Waals surface area contributed by atoms with Gasteiger partial charge in [0.15, 0.2) is 0 Å². The number of rotatable bonds is 10. The molecule has 0 unspecified atom stereocenters. The van der Waals surface area contributed by atoms with Crippen LogP contribution in [0.5, 0.6) is 0 Å². The van der Waals surface area contributed by atoms with Crippen LogP contribution in [0.15, 0.2) is 120 Å². The standard InChI is InChI=1S/C30H30N2O4S/c1-22-17-19-26(20-18-22)37(35,36)32-27(21-23-11-5-2-6-12-23)30(34)31-28(24-13-7-3-8-14-24)29(33)25-15-9-4-10-16-25/h2-20,27-29,32-33H,21H2,1H3,(H,31,34)/t27-,28+,29+/m0/s1. The van der Waals surface area contributed by atoms with Crippen molar-refractivity contribution in [2.24, 2.45) is 0 Å². The van der Waals surface area contributed by atoms with Gasteiger partial charge >= 0.3 is 0 Å². The molecular formula is C30H30N2O4S. The van der Waals surface area contributed by atoms with Crippen molar-refractivity contribution in [1.29, 1.82) is 0 Å². The van der Waals surface area contributed by atoms with Crippen molar-refractivity contribution < 1.29 is 18.3 Å². The molecule has 0 aliphatic heterocycles. The molecule has 190 valence electrons. The molecule has 0 heterocycles. The number of carbonyl (C=O) groups is 1. The van der Waals surface area contributed by atoms with E-state index in [1.165, 1.54) is 12.1 Å². The highest BCUT2D eigenvalue weighted by Crippen LogP contribution is 2.29. The first kappa shape index (κ1) is 26.3. The third-order valence-corrected chi connectivity index (χ3v) is 7.63. The maximum atomic E-state index is 13.7. The Labute approximate surface area is 218 Å². The van der Waals surface area contributed by atoms with Crippen LogP contribution in [0, 0.1) is 6.92 Å². The minimum Gasteiger partial charge on any atom is -0.386 e. The van der Waals surface area contributed by atoms with Gasteiger partial charge in [0.2, 0.25) is 15.9 Å². The van der Waals surface area contributed by atoms with Gasteiger partial charge in [0.05, 0.1) is 10.9 Å². The molecule has 3 N–H and O–H groups in total. The van der Waals surface area contributed by atoms with Crippen molar-refractivity contribution in [3.05, 3.63) is 138 Å². The summed E-state index contributed by atoms with van der Waals surface area (Å²) in [6, 6.07) is 32.0. The number of hydrogen-bond acceptors (Lipinski definition) is 4. The zero-order chi connectivity index (χ0) is 26.3. The van der Waals surface area contributed by atoms with Crippen molar-refractivity contribution in [3.63, 3.8) is 0 Å². The summed E-state index contributed by atoms with van der Waals surface area (Å²) in [7, 11) is -3.99. The summed E-state index contributed by atoms with van der Waals surface area (Å²) in [5.41, 5.74) is 3.07. The molecule has 0 aliphatic rings. The fraction of sp³-hybridized carbons (Fsp3) is 0.167. The lowest BCUT2D eigenvalue weighted by molar-refractivity contribution is -0.124. The van der Waals surface area contributed by atoms with Crippen LogP contribution in [0.25, 0.3) is 0 Å². The van der Waals surface area contributed by atoms with Crippen LogP contribution in [-0.4, -0.2) is 25.5 Å². The van der Waals surface area contributed by atoms with Gasteiger partial charge < -0.3 is 10.4 Å². The molecule has 0 aliphatic carbocycles. The highest BCUT2D eigenvalue weighted by molar-refractivity contribution is 7.89. The molecular weight excluding hydrogens is 484 g/mol. The maximum absolute atomic E-state index is 13.7. The van der Waals surface area contributed by atoms with E-state index >= 15 is 0 Å². The molecule has 0 radical (unpaired) electrons. The van der Waals surface area contributed by atoms with Gasteiger partial charge in [-0.3, -0.25) is 4.79 Å². The molecule has 0 fully saturated rings. The van der Waals surface area contributed by atoms with Crippen molar-refractivity contribution in [1.82, 2.24) is 10.0 Å². The Hall–Kier alpha value is -3.78. The Balaban J connectivity index is 1.65. The molecule has 0 saturated carbocycles. The molecule has 7 heteroatoms. The van der Waals surface area contributed by atoms with Gasteiger partial charge in [0.1, 0.15) is 12.1 Å². The normalized spacial score (nSPS) is 13.9. The number of hydrogen-bond donors (Lipinski definition) is 3. The second-order valence-electron chi connectivity index (χ2n) is 8.93. The zero-order valence-electron chi connectivity index (χ0n) is 20.5. The highest BCUT2D eigenvalue weighted by atomic mass is 32.2. The smallest absolute Gasteiger partial charge is 0.241 e. The fourth-order valence-corrected chi connectivity index (χ4v) is 5.31. The average molecular weight is 515 g/mol. The fourth-order valence-electron chi connectivity index (χ4n) is 4.11. The molecule has 1 amide bonds. The lowest BCUT2D eigenvalue weighted by Gasteiger charge is -2.28. The largest absolute Gasteiger partial charge is 0.386 e.